The summed E-state index contributed by atoms with van der Waals surface area (Å²) in [5.74, 6) is 0.0547. The van der Waals surface area contributed by atoms with Gasteiger partial charge in [0.25, 0.3) is 0 Å². The van der Waals surface area contributed by atoms with Crippen LogP contribution in [0.1, 0.15) is 33.5 Å². The predicted molar refractivity (Wildman–Crippen MR) is 85.1 cm³/mol. The minimum atomic E-state index is 0.0183. The van der Waals surface area contributed by atoms with Crippen LogP contribution >= 0.6 is 11.3 Å². The molecule has 0 saturated carbocycles. The summed E-state index contributed by atoms with van der Waals surface area (Å²) in [6.45, 7) is 2.21. The Morgan fingerprint density at radius 3 is 2.76 bits per heavy atom. The minimum Gasteiger partial charge on any atom is -0.304 e. The fourth-order valence-corrected chi connectivity index (χ4v) is 3.49. The molecule has 0 spiro atoms. The Kier molecular flexibility index (Phi) is 3.88. The van der Waals surface area contributed by atoms with Gasteiger partial charge in [0.2, 0.25) is 5.91 Å². The Morgan fingerprint density at radius 1 is 1.19 bits per heavy atom. The number of para-hydroxylation sites is 1. The Morgan fingerprint density at radius 2 is 2.00 bits per heavy atom. The molecule has 3 nitrogen and oxygen atoms in total. The zero-order valence-corrected chi connectivity index (χ0v) is 12.8. The first-order chi connectivity index (χ1) is 10.2. The summed E-state index contributed by atoms with van der Waals surface area (Å²) < 4.78 is 0. The molecule has 0 atom stereocenters. The lowest BCUT2D eigenvalue weighted by molar-refractivity contribution is -0.118. The van der Waals surface area contributed by atoms with Crippen LogP contribution in [-0.2, 0) is 17.6 Å². The number of aryl methyl sites for hydroxylation is 2. The van der Waals surface area contributed by atoms with Gasteiger partial charge < -0.3 is 4.90 Å². The Balaban J connectivity index is 1.83. The van der Waals surface area contributed by atoms with Crippen LogP contribution in [0.5, 0.6) is 0 Å². The molecule has 21 heavy (non-hydrogen) atoms. The van der Waals surface area contributed by atoms with Crippen molar-refractivity contribution in [3.05, 3.63) is 51.7 Å². The van der Waals surface area contributed by atoms with Gasteiger partial charge in [-0.05, 0) is 36.6 Å². The van der Waals surface area contributed by atoms with Crippen LogP contribution in [0.3, 0.4) is 0 Å². The van der Waals surface area contributed by atoms with Crippen molar-refractivity contribution >= 4 is 28.7 Å². The molecule has 0 radical (unpaired) electrons. The number of carbonyl (C=O) groups excluding carboxylic acids is 2. The van der Waals surface area contributed by atoms with E-state index in [0.717, 1.165) is 29.0 Å². The molecule has 3 rings (SSSR count). The van der Waals surface area contributed by atoms with Crippen molar-refractivity contribution < 1.29 is 9.59 Å². The van der Waals surface area contributed by atoms with Gasteiger partial charge >= 0.3 is 0 Å². The second-order valence-corrected chi connectivity index (χ2v) is 6.32. The molecule has 1 aromatic carbocycles. The van der Waals surface area contributed by atoms with E-state index in [9.17, 15) is 9.59 Å². The summed E-state index contributed by atoms with van der Waals surface area (Å²) in [5, 5.41) is 0. The molecule has 2 heterocycles. The summed E-state index contributed by atoms with van der Waals surface area (Å²) >= 11 is 1.52. The number of thiophene rings is 1. The van der Waals surface area contributed by atoms with Crippen molar-refractivity contribution in [1.82, 2.24) is 0 Å². The predicted octanol–water partition coefficient (Wildman–Crippen LogP) is 3.47. The van der Waals surface area contributed by atoms with E-state index in [2.05, 4.69) is 6.92 Å². The third-order valence-electron chi connectivity index (χ3n) is 3.78. The highest BCUT2D eigenvalue weighted by atomic mass is 32.1. The first-order valence-corrected chi connectivity index (χ1v) is 8.01. The standard InChI is InChI=1S/C17H17NO2S/c1-2-13-8-9-16(21-13)15(19)11-18-14-6-4-3-5-12(14)7-10-17(18)20/h3-6,8-9H,2,7,10-11H2,1H3. The summed E-state index contributed by atoms with van der Waals surface area (Å²) in [4.78, 5) is 28.1. The Hall–Kier alpha value is -1.94. The number of anilines is 1. The SMILES string of the molecule is CCc1ccc(C(=O)CN2C(=O)CCc3ccccc32)s1. The third-order valence-corrected chi connectivity index (χ3v) is 5.05. The van der Waals surface area contributed by atoms with Crippen molar-refractivity contribution in [2.75, 3.05) is 11.4 Å². The van der Waals surface area contributed by atoms with Crippen LogP contribution in [0, 0.1) is 0 Å². The molecule has 0 saturated heterocycles. The number of ketones is 1. The molecule has 0 aliphatic carbocycles. The maximum Gasteiger partial charge on any atom is 0.227 e. The van der Waals surface area contributed by atoms with E-state index in [0.29, 0.717) is 6.42 Å². The molecule has 0 bridgehead atoms. The normalized spacial score (nSPS) is 14.1. The first-order valence-electron chi connectivity index (χ1n) is 7.19. The number of hydrogen-bond donors (Lipinski definition) is 0. The molecular formula is C17H17NO2S. The van der Waals surface area contributed by atoms with Gasteiger partial charge in [0, 0.05) is 17.0 Å². The molecule has 2 aromatic rings. The van der Waals surface area contributed by atoms with Gasteiger partial charge in [-0.15, -0.1) is 11.3 Å². The lowest BCUT2D eigenvalue weighted by atomic mass is 10.0. The summed E-state index contributed by atoms with van der Waals surface area (Å²) in [6, 6.07) is 11.7. The number of carbonyl (C=O) groups is 2. The van der Waals surface area contributed by atoms with Gasteiger partial charge in [-0.25, -0.2) is 0 Å². The zero-order chi connectivity index (χ0) is 14.8. The maximum atomic E-state index is 12.4. The number of nitrogens with zero attached hydrogens (tertiary/aromatic N) is 1. The van der Waals surface area contributed by atoms with Crippen LogP contribution in [0.15, 0.2) is 36.4 Å². The molecule has 4 heteroatoms. The molecule has 0 fully saturated rings. The number of benzene rings is 1. The van der Waals surface area contributed by atoms with E-state index >= 15 is 0 Å². The highest BCUT2D eigenvalue weighted by molar-refractivity contribution is 7.14. The van der Waals surface area contributed by atoms with E-state index in [1.807, 2.05) is 36.4 Å². The topological polar surface area (TPSA) is 37.4 Å². The fourth-order valence-electron chi connectivity index (χ4n) is 2.61. The number of hydrogen-bond acceptors (Lipinski definition) is 3. The molecule has 1 aromatic heterocycles. The first kappa shape index (κ1) is 14.0. The molecule has 0 N–H and O–H groups in total. The van der Waals surface area contributed by atoms with Crippen LogP contribution < -0.4 is 4.90 Å². The van der Waals surface area contributed by atoms with Gasteiger partial charge in [-0.3, -0.25) is 9.59 Å². The summed E-state index contributed by atoms with van der Waals surface area (Å²) in [5.41, 5.74) is 2.03. The van der Waals surface area contributed by atoms with Crippen molar-refractivity contribution in [1.29, 1.82) is 0 Å². The van der Waals surface area contributed by atoms with Crippen LogP contribution in [0.2, 0.25) is 0 Å². The summed E-state index contributed by atoms with van der Waals surface area (Å²) in [7, 11) is 0. The van der Waals surface area contributed by atoms with Gasteiger partial charge in [0.15, 0.2) is 5.78 Å². The maximum absolute atomic E-state index is 12.4. The second kappa shape index (κ2) is 5.82. The highest BCUT2D eigenvalue weighted by Crippen LogP contribution is 2.28. The molecule has 1 aliphatic heterocycles. The third kappa shape index (κ3) is 2.76. The number of fused-ring (bicyclic) bond motifs is 1. The Labute approximate surface area is 128 Å². The number of amides is 1. The van der Waals surface area contributed by atoms with E-state index in [1.165, 1.54) is 16.2 Å². The van der Waals surface area contributed by atoms with Crippen molar-refractivity contribution in [3.8, 4) is 0 Å². The van der Waals surface area contributed by atoms with Gasteiger partial charge in [-0.1, -0.05) is 25.1 Å². The van der Waals surface area contributed by atoms with Crippen molar-refractivity contribution in [3.63, 3.8) is 0 Å². The average Bonchev–Trinajstić information content (AvgIpc) is 2.99. The zero-order valence-electron chi connectivity index (χ0n) is 12.0. The second-order valence-electron chi connectivity index (χ2n) is 5.15. The lowest BCUT2D eigenvalue weighted by Gasteiger charge is -2.28. The molecule has 1 amide bonds. The Bertz CT molecular complexity index is 690. The largest absolute Gasteiger partial charge is 0.304 e. The molecule has 1 aliphatic rings. The van der Waals surface area contributed by atoms with Crippen molar-refractivity contribution in [2.24, 2.45) is 0 Å². The quantitative estimate of drug-likeness (QED) is 0.811. The monoisotopic (exact) mass is 299 g/mol. The smallest absolute Gasteiger partial charge is 0.227 e. The fraction of sp³-hybridized carbons (Fsp3) is 0.294. The summed E-state index contributed by atoms with van der Waals surface area (Å²) in [6.07, 6.45) is 2.18. The van der Waals surface area contributed by atoms with Gasteiger partial charge in [0.1, 0.15) is 0 Å². The van der Waals surface area contributed by atoms with Crippen LogP contribution in [-0.4, -0.2) is 18.2 Å². The molecule has 108 valence electrons. The number of rotatable bonds is 4. The van der Waals surface area contributed by atoms with E-state index in [4.69, 9.17) is 0 Å². The van der Waals surface area contributed by atoms with Gasteiger partial charge in [-0.2, -0.15) is 0 Å². The lowest BCUT2D eigenvalue weighted by Crippen LogP contribution is -2.38. The average molecular weight is 299 g/mol. The van der Waals surface area contributed by atoms with Crippen LogP contribution in [0.4, 0.5) is 5.69 Å². The molecule has 0 unspecified atom stereocenters. The van der Waals surface area contributed by atoms with Crippen molar-refractivity contribution in [2.45, 2.75) is 26.2 Å². The van der Waals surface area contributed by atoms with E-state index in [1.54, 1.807) is 4.90 Å². The minimum absolute atomic E-state index is 0.0183. The van der Waals surface area contributed by atoms with Gasteiger partial charge in [0.05, 0.1) is 11.4 Å². The van der Waals surface area contributed by atoms with E-state index in [-0.39, 0.29) is 18.2 Å². The molecular weight excluding hydrogens is 282 g/mol. The van der Waals surface area contributed by atoms with E-state index < -0.39 is 0 Å². The number of Topliss-reactive ketones (excluding diaryl/α,β-unsaturated/α-hetero) is 1. The van der Waals surface area contributed by atoms with Crippen LogP contribution in [0.25, 0.3) is 0 Å². The highest BCUT2D eigenvalue weighted by Gasteiger charge is 2.26.